The first-order valence-electron chi connectivity index (χ1n) is 7.36. The van der Waals surface area contributed by atoms with E-state index in [-0.39, 0.29) is 23.4 Å². The third kappa shape index (κ3) is 1.65. The normalized spacial score (nSPS) is 22.8. The summed E-state index contributed by atoms with van der Waals surface area (Å²) in [5.74, 6) is 0.0281. The van der Waals surface area contributed by atoms with Gasteiger partial charge in [-0.15, -0.1) is 0 Å². The quantitative estimate of drug-likeness (QED) is 0.730. The summed E-state index contributed by atoms with van der Waals surface area (Å²) in [4.78, 5) is 25.6. The summed E-state index contributed by atoms with van der Waals surface area (Å²) in [6.45, 7) is 3.97. The molecule has 4 rings (SSSR count). The molecule has 0 saturated heterocycles. The summed E-state index contributed by atoms with van der Waals surface area (Å²) in [5.41, 5.74) is 5.46. The molecule has 2 nitrogen and oxygen atoms in total. The van der Waals surface area contributed by atoms with Crippen LogP contribution in [-0.2, 0) is 0 Å². The maximum absolute atomic E-state index is 12.8. The highest BCUT2D eigenvalue weighted by molar-refractivity contribution is 6.13. The van der Waals surface area contributed by atoms with E-state index in [2.05, 4.69) is 0 Å². The second-order valence-corrected chi connectivity index (χ2v) is 6.25. The highest BCUT2D eigenvalue weighted by Gasteiger charge is 2.43. The highest BCUT2D eigenvalue weighted by Crippen LogP contribution is 2.47. The van der Waals surface area contributed by atoms with E-state index in [1.807, 2.05) is 50.2 Å². The van der Waals surface area contributed by atoms with Crippen LogP contribution in [0.5, 0.6) is 0 Å². The van der Waals surface area contributed by atoms with Crippen molar-refractivity contribution in [3.05, 3.63) is 69.8 Å². The fourth-order valence-corrected chi connectivity index (χ4v) is 3.74. The summed E-state index contributed by atoms with van der Waals surface area (Å²) in [6.07, 6.45) is 0.629. The largest absolute Gasteiger partial charge is 0.293 e. The Balaban J connectivity index is 1.98. The monoisotopic (exact) mass is 276 g/mol. The minimum absolute atomic E-state index is 0.155. The molecule has 2 aromatic rings. The second kappa shape index (κ2) is 4.14. The number of carbonyl (C=O) groups is 2. The van der Waals surface area contributed by atoms with Gasteiger partial charge < -0.3 is 0 Å². The van der Waals surface area contributed by atoms with Gasteiger partial charge in [-0.05, 0) is 43.5 Å². The van der Waals surface area contributed by atoms with E-state index in [9.17, 15) is 9.59 Å². The molecular formula is C19H16O2. The van der Waals surface area contributed by atoms with E-state index < -0.39 is 0 Å². The molecule has 2 aliphatic rings. The average molecular weight is 276 g/mol. The molecule has 0 amide bonds. The number of aryl methyl sites for hydroxylation is 2. The van der Waals surface area contributed by atoms with Gasteiger partial charge in [0.05, 0.1) is 0 Å². The maximum Gasteiger partial charge on any atom is 0.170 e. The van der Waals surface area contributed by atoms with Gasteiger partial charge in [-0.3, -0.25) is 9.59 Å². The third-order valence-electron chi connectivity index (χ3n) is 4.80. The van der Waals surface area contributed by atoms with Crippen LogP contribution in [0.4, 0.5) is 0 Å². The topological polar surface area (TPSA) is 34.1 Å². The fraction of sp³-hybridized carbons (Fsp3) is 0.263. The zero-order valence-electron chi connectivity index (χ0n) is 12.1. The van der Waals surface area contributed by atoms with Crippen molar-refractivity contribution in [1.82, 2.24) is 0 Å². The molecule has 2 bridgehead atoms. The van der Waals surface area contributed by atoms with Crippen LogP contribution in [-0.4, -0.2) is 11.6 Å². The minimum atomic E-state index is -0.155. The van der Waals surface area contributed by atoms with Crippen molar-refractivity contribution in [3.63, 3.8) is 0 Å². The molecule has 0 N–H and O–H groups in total. The molecule has 0 aliphatic heterocycles. The van der Waals surface area contributed by atoms with Crippen LogP contribution in [0.15, 0.2) is 36.4 Å². The van der Waals surface area contributed by atoms with Gasteiger partial charge in [0.15, 0.2) is 11.6 Å². The van der Waals surface area contributed by atoms with Crippen LogP contribution < -0.4 is 0 Å². The SMILES string of the molecule is Cc1ccc2c(c1)C(=O)[C@@H]1C[C@H]2C(=O)c2cc(C)ccc21. The standard InChI is InChI=1S/C19H16O2/c1-10-3-5-12-14(7-10)18(20)17-9-16(12)19(21)15-8-11(2)4-6-13(15)17/h3-8,16-17H,9H2,1-2H3/t16-,17-/m1/s1. The van der Waals surface area contributed by atoms with Crippen LogP contribution in [0.2, 0.25) is 0 Å². The predicted octanol–water partition coefficient (Wildman–Crippen LogP) is 3.95. The molecule has 0 spiro atoms. The van der Waals surface area contributed by atoms with Crippen molar-refractivity contribution in [2.75, 3.05) is 0 Å². The summed E-state index contributed by atoms with van der Waals surface area (Å²) in [7, 11) is 0. The van der Waals surface area contributed by atoms with Crippen LogP contribution >= 0.6 is 0 Å². The number of carbonyl (C=O) groups excluding carboxylic acids is 2. The van der Waals surface area contributed by atoms with Crippen LogP contribution in [0.25, 0.3) is 0 Å². The highest BCUT2D eigenvalue weighted by atomic mass is 16.1. The number of hydrogen-bond acceptors (Lipinski definition) is 2. The third-order valence-corrected chi connectivity index (χ3v) is 4.80. The average Bonchev–Trinajstić information content (AvgIpc) is 2.47. The summed E-state index contributed by atoms with van der Waals surface area (Å²) >= 11 is 0. The van der Waals surface area contributed by atoms with Crippen molar-refractivity contribution in [2.45, 2.75) is 32.1 Å². The molecule has 2 heteroatoms. The number of benzene rings is 2. The number of fused-ring (bicyclic) bond motifs is 6. The molecule has 0 heterocycles. The van der Waals surface area contributed by atoms with Gasteiger partial charge in [-0.1, -0.05) is 35.4 Å². The summed E-state index contributed by atoms with van der Waals surface area (Å²) in [6, 6.07) is 11.8. The number of Topliss-reactive ketones (excluding diaryl/α,β-unsaturated/α-hetero) is 2. The molecule has 0 fully saturated rings. The minimum Gasteiger partial charge on any atom is -0.293 e. The zero-order valence-corrected chi connectivity index (χ0v) is 12.1. The Bertz CT molecular complexity index is 734. The zero-order chi connectivity index (χ0) is 14.7. The van der Waals surface area contributed by atoms with E-state index in [0.29, 0.717) is 6.42 Å². The molecule has 0 unspecified atom stereocenters. The van der Waals surface area contributed by atoms with Crippen molar-refractivity contribution < 1.29 is 9.59 Å². The van der Waals surface area contributed by atoms with E-state index in [1.165, 1.54) is 0 Å². The lowest BCUT2D eigenvalue weighted by Gasteiger charge is -2.35. The summed E-state index contributed by atoms with van der Waals surface area (Å²) < 4.78 is 0. The van der Waals surface area contributed by atoms with Gasteiger partial charge in [-0.25, -0.2) is 0 Å². The summed E-state index contributed by atoms with van der Waals surface area (Å²) in [5, 5.41) is 0. The smallest absolute Gasteiger partial charge is 0.170 e. The van der Waals surface area contributed by atoms with Crippen LogP contribution in [0, 0.1) is 13.8 Å². The first kappa shape index (κ1) is 12.5. The lowest BCUT2D eigenvalue weighted by molar-refractivity contribution is 0.0875. The van der Waals surface area contributed by atoms with Gasteiger partial charge in [0, 0.05) is 23.0 Å². The Kier molecular flexibility index (Phi) is 2.47. The lowest BCUT2D eigenvalue weighted by atomic mass is 9.65. The lowest BCUT2D eigenvalue weighted by Crippen LogP contribution is -2.34. The molecule has 0 aromatic heterocycles. The Hall–Kier alpha value is -2.22. The van der Waals surface area contributed by atoms with Gasteiger partial charge in [-0.2, -0.15) is 0 Å². The van der Waals surface area contributed by atoms with Gasteiger partial charge >= 0.3 is 0 Å². The van der Waals surface area contributed by atoms with Gasteiger partial charge in [0.25, 0.3) is 0 Å². The number of hydrogen-bond donors (Lipinski definition) is 0. The molecule has 104 valence electrons. The molecular weight excluding hydrogens is 260 g/mol. The van der Waals surface area contributed by atoms with E-state index in [0.717, 1.165) is 33.4 Å². The van der Waals surface area contributed by atoms with E-state index >= 15 is 0 Å². The Morgan fingerprint density at radius 1 is 0.762 bits per heavy atom. The Labute approximate surface area is 123 Å². The van der Waals surface area contributed by atoms with Crippen molar-refractivity contribution in [1.29, 1.82) is 0 Å². The van der Waals surface area contributed by atoms with Crippen molar-refractivity contribution in [3.8, 4) is 0 Å². The Morgan fingerprint density at radius 2 is 1.19 bits per heavy atom. The Morgan fingerprint density at radius 3 is 1.62 bits per heavy atom. The maximum atomic E-state index is 12.8. The molecule has 21 heavy (non-hydrogen) atoms. The van der Waals surface area contributed by atoms with E-state index in [1.54, 1.807) is 0 Å². The number of rotatable bonds is 0. The fourth-order valence-electron chi connectivity index (χ4n) is 3.74. The molecule has 0 radical (unpaired) electrons. The predicted molar refractivity (Wildman–Crippen MR) is 81.1 cm³/mol. The first-order chi connectivity index (χ1) is 10.1. The first-order valence-corrected chi connectivity index (χ1v) is 7.36. The van der Waals surface area contributed by atoms with Crippen molar-refractivity contribution in [2.24, 2.45) is 0 Å². The van der Waals surface area contributed by atoms with Gasteiger partial charge in [0.1, 0.15) is 0 Å². The van der Waals surface area contributed by atoms with Crippen LogP contribution in [0.3, 0.4) is 0 Å². The molecule has 2 aromatic carbocycles. The molecule has 0 saturated carbocycles. The molecule has 2 atom stereocenters. The second-order valence-electron chi connectivity index (χ2n) is 6.25. The number of ketones is 2. The van der Waals surface area contributed by atoms with E-state index in [4.69, 9.17) is 0 Å². The van der Waals surface area contributed by atoms with Crippen molar-refractivity contribution >= 4 is 11.6 Å². The van der Waals surface area contributed by atoms with Crippen LogP contribution in [0.1, 0.15) is 61.2 Å². The van der Waals surface area contributed by atoms with Gasteiger partial charge in [0.2, 0.25) is 0 Å². The molecule has 2 aliphatic carbocycles.